The number of aromatic nitrogens is 4. The van der Waals surface area contributed by atoms with Gasteiger partial charge in [0.2, 0.25) is 5.91 Å². The number of pyridine rings is 1. The first-order valence-electron chi connectivity index (χ1n) is 10.9. The Morgan fingerprint density at radius 2 is 2.16 bits per heavy atom. The Bertz CT molecular complexity index is 1200. The smallest absolute Gasteiger partial charge is 0.276 e. The molecule has 3 aromatic heterocycles. The van der Waals surface area contributed by atoms with Gasteiger partial charge in [-0.25, -0.2) is 9.50 Å². The van der Waals surface area contributed by atoms with Crippen LogP contribution < -0.4 is 10.9 Å². The van der Waals surface area contributed by atoms with Crippen LogP contribution in [0, 0.1) is 6.92 Å². The van der Waals surface area contributed by atoms with Gasteiger partial charge < -0.3 is 10.2 Å². The summed E-state index contributed by atoms with van der Waals surface area (Å²) in [6, 6.07) is 5.46. The second kappa shape index (κ2) is 8.94. The summed E-state index contributed by atoms with van der Waals surface area (Å²) < 4.78 is 1.45. The number of amides is 2. The second-order valence-electron chi connectivity index (χ2n) is 8.59. The number of nitrogens with zero attached hydrogens (tertiary/aromatic N) is 4. The van der Waals surface area contributed by atoms with Gasteiger partial charge in [0.1, 0.15) is 0 Å². The topological polar surface area (TPSA) is 112 Å². The van der Waals surface area contributed by atoms with E-state index in [9.17, 15) is 14.4 Å². The fraction of sp³-hybridized carbons (Fsp3) is 0.435. The van der Waals surface area contributed by atoms with Crippen LogP contribution in [0.25, 0.3) is 5.65 Å². The molecule has 4 rings (SSSR count). The van der Waals surface area contributed by atoms with Crippen molar-refractivity contribution in [1.29, 1.82) is 0 Å². The van der Waals surface area contributed by atoms with Crippen molar-refractivity contribution in [2.45, 2.75) is 52.0 Å². The van der Waals surface area contributed by atoms with E-state index in [4.69, 9.17) is 0 Å². The highest BCUT2D eigenvalue weighted by Gasteiger charge is 2.29. The molecule has 1 fully saturated rings. The van der Waals surface area contributed by atoms with Crippen LogP contribution in [-0.4, -0.2) is 55.4 Å². The quantitative estimate of drug-likeness (QED) is 0.612. The Hall–Kier alpha value is -3.49. The van der Waals surface area contributed by atoms with Crippen LogP contribution in [-0.2, 0) is 11.2 Å². The van der Waals surface area contributed by atoms with E-state index in [2.05, 4.69) is 20.4 Å². The third kappa shape index (κ3) is 4.42. The Kier molecular flexibility index (Phi) is 6.07. The van der Waals surface area contributed by atoms with Crippen LogP contribution in [0.15, 0.2) is 35.4 Å². The van der Waals surface area contributed by atoms with Crippen molar-refractivity contribution in [2.75, 3.05) is 13.1 Å². The molecule has 2 amide bonds. The van der Waals surface area contributed by atoms with Crippen molar-refractivity contribution >= 4 is 17.5 Å². The molecule has 0 bridgehead atoms. The summed E-state index contributed by atoms with van der Waals surface area (Å²) in [5.74, 6) is -0.0255. The Balaban J connectivity index is 1.51. The summed E-state index contributed by atoms with van der Waals surface area (Å²) in [7, 11) is 0. The number of hydrogen-bond acceptors (Lipinski definition) is 5. The lowest BCUT2D eigenvalue weighted by Gasteiger charge is -2.15. The third-order valence-corrected chi connectivity index (χ3v) is 5.81. The average molecular weight is 437 g/mol. The van der Waals surface area contributed by atoms with E-state index in [1.807, 2.05) is 24.8 Å². The predicted octanol–water partition coefficient (Wildman–Crippen LogP) is 1.81. The van der Waals surface area contributed by atoms with E-state index in [0.29, 0.717) is 42.0 Å². The van der Waals surface area contributed by atoms with E-state index in [0.717, 1.165) is 12.1 Å². The summed E-state index contributed by atoms with van der Waals surface area (Å²) >= 11 is 0. The maximum Gasteiger partial charge on any atom is 0.276 e. The van der Waals surface area contributed by atoms with Crippen LogP contribution in [0.3, 0.4) is 0 Å². The van der Waals surface area contributed by atoms with Gasteiger partial charge in [0.05, 0.1) is 5.56 Å². The number of nitrogens with one attached hydrogen (secondary N) is 2. The van der Waals surface area contributed by atoms with E-state index in [1.165, 1.54) is 4.52 Å². The van der Waals surface area contributed by atoms with Gasteiger partial charge in [0, 0.05) is 66.9 Å². The summed E-state index contributed by atoms with van der Waals surface area (Å²) in [6.45, 7) is 6.82. The van der Waals surface area contributed by atoms with Gasteiger partial charge in [-0.05, 0) is 45.7 Å². The lowest BCUT2D eigenvalue weighted by atomic mass is 10.1. The summed E-state index contributed by atoms with van der Waals surface area (Å²) in [4.78, 5) is 48.2. The molecule has 1 aliphatic heterocycles. The number of likely N-dealkylation sites (tertiary alicyclic amines) is 1. The molecule has 168 valence electrons. The van der Waals surface area contributed by atoms with Gasteiger partial charge in [0.25, 0.3) is 11.5 Å². The number of aryl methyl sites for hydroxylation is 1. The molecular weight excluding hydrogens is 408 g/mol. The van der Waals surface area contributed by atoms with E-state index < -0.39 is 0 Å². The van der Waals surface area contributed by atoms with Crippen molar-refractivity contribution in [2.24, 2.45) is 0 Å². The van der Waals surface area contributed by atoms with Crippen LogP contribution >= 0.6 is 0 Å². The molecule has 0 aromatic carbocycles. The molecule has 0 aliphatic carbocycles. The number of fused-ring (bicyclic) bond motifs is 1. The number of rotatable bonds is 6. The minimum atomic E-state index is -0.183. The zero-order valence-corrected chi connectivity index (χ0v) is 18.6. The Labute approximate surface area is 185 Å². The highest BCUT2D eigenvalue weighted by atomic mass is 16.2. The summed E-state index contributed by atoms with van der Waals surface area (Å²) in [5, 5.41) is 6.03. The average Bonchev–Trinajstić information content (AvgIpc) is 3.40. The standard InChI is InChI=1S/C23H28N6O3/c1-14(2)25-21(30)7-6-18-15(3)26-20-11-19(27-29(20)23(18)32)17-8-10-28(13-17)22(31)16-5-4-9-24-12-16/h4-5,9,11-12,14,17,27H,6-8,10,13H2,1-3H3,(H,25,30). The molecule has 0 spiro atoms. The maximum absolute atomic E-state index is 13.1. The first-order chi connectivity index (χ1) is 15.3. The van der Waals surface area contributed by atoms with E-state index in [1.54, 1.807) is 31.5 Å². The SMILES string of the molecule is Cc1nc2cc(C3CCN(C(=O)c4cccnc4)C3)[nH]n2c(=O)c1CCC(=O)NC(C)C. The number of carbonyl (C=O) groups excluding carboxylic acids is 2. The fourth-order valence-corrected chi connectivity index (χ4v) is 4.19. The van der Waals surface area contributed by atoms with Gasteiger partial charge in [0.15, 0.2) is 5.65 Å². The Morgan fingerprint density at radius 3 is 2.88 bits per heavy atom. The molecule has 2 N–H and O–H groups in total. The molecule has 1 unspecified atom stereocenters. The molecule has 1 saturated heterocycles. The van der Waals surface area contributed by atoms with Gasteiger partial charge in [-0.2, -0.15) is 0 Å². The summed E-state index contributed by atoms with van der Waals surface area (Å²) in [5.41, 5.74) is 2.99. The first kappa shape index (κ1) is 21.7. The van der Waals surface area contributed by atoms with Crippen LogP contribution in [0.5, 0.6) is 0 Å². The largest absolute Gasteiger partial charge is 0.354 e. The minimum Gasteiger partial charge on any atom is -0.354 e. The fourth-order valence-electron chi connectivity index (χ4n) is 4.19. The van der Waals surface area contributed by atoms with Crippen molar-refractivity contribution in [3.63, 3.8) is 0 Å². The van der Waals surface area contributed by atoms with Crippen LogP contribution in [0.1, 0.15) is 59.9 Å². The van der Waals surface area contributed by atoms with Gasteiger partial charge in [-0.15, -0.1) is 0 Å². The monoisotopic (exact) mass is 436 g/mol. The maximum atomic E-state index is 13.1. The first-order valence-corrected chi connectivity index (χ1v) is 10.9. The highest BCUT2D eigenvalue weighted by Crippen LogP contribution is 2.27. The molecule has 3 aromatic rings. The van der Waals surface area contributed by atoms with E-state index in [-0.39, 0.29) is 35.8 Å². The number of hydrogen-bond donors (Lipinski definition) is 2. The normalized spacial score (nSPS) is 16.1. The molecule has 9 heteroatoms. The molecule has 4 heterocycles. The lowest BCUT2D eigenvalue weighted by Crippen LogP contribution is -2.31. The van der Waals surface area contributed by atoms with Crippen LogP contribution in [0.2, 0.25) is 0 Å². The molecule has 1 aliphatic rings. The van der Waals surface area contributed by atoms with Gasteiger partial charge in [-0.3, -0.25) is 24.5 Å². The molecule has 9 nitrogen and oxygen atoms in total. The zero-order chi connectivity index (χ0) is 22.8. The summed E-state index contributed by atoms with van der Waals surface area (Å²) in [6.07, 6.45) is 4.60. The minimum absolute atomic E-state index is 0.0372. The lowest BCUT2D eigenvalue weighted by molar-refractivity contribution is -0.121. The molecule has 0 radical (unpaired) electrons. The van der Waals surface area contributed by atoms with Crippen molar-refractivity contribution in [3.05, 3.63) is 63.5 Å². The number of aromatic amines is 1. The van der Waals surface area contributed by atoms with Gasteiger partial charge >= 0.3 is 0 Å². The van der Waals surface area contributed by atoms with Crippen molar-refractivity contribution in [3.8, 4) is 0 Å². The molecular formula is C23H28N6O3. The van der Waals surface area contributed by atoms with Crippen molar-refractivity contribution in [1.82, 2.24) is 29.8 Å². The Morgan fingerprint density at radius 1 is 1.34 bits per heavy atom. The van der Waals surface area contributed by atoms with Crippen LogP contribution in [0.4, 0.5) is 0 Å². The van der Waals surface area contributed by atoms with Crippen molar-refractivity contribution < 1.29 is 9.59 Å². The second-order valence-corrected chi connectivity index (χ2v) is 8.59. The highest BCUT2D eigenvalue weighted by molar-refractivity contribution is 5.94. The molecule has 0 saturated carbocycles. The number of carbonyl (C=O) groups is 2. The predicted molar refractivity (Wildman–Crippen MR) is 120 cm³/mol. The molecule has 32 heavy (non-hydrogen) atoms. The third-order valence-electron chi connectivity index (χ3n) is 5.81. The number of H-pyrrole nitrogens is 1. The zero-order valence-electron chi connectivity index (χ0n) is 18.6. The molecule has 1 atom stereocenters. The van der Waals surface area contributed by atoms with Gasteiger partial charge in [-0.1, -0.05) is 0 Å². The van der Waals surface area contributed by atoms with E-state index >= 15 is 0 Å².